The first-order chi connectivity index (χ1) is 16.1. The van der Waals surface area contributed by atoms with Crippen LogP contribution in [0.1, 0.15) is 23.1 Å². The summed E-state index contributed by atoms with van der Waals surface area (Å²) >= 11 is 0. The monoisotopic (exact) mass is 446 g/mol. The van der Waals surface area contributed by atoms with Gasteiger partial charge < -0.3 is 18.8 Å². The molecule has 1 aromatic heterocycles. The van der Waals surface area contributed by atoms with E-state index in [1.54, 1.807) is 6.07 Å². The second kappa shape index (κ2) is 8.23. The Labute approximate surface area is 191 Å². The maximum Gasteiger partial charge on any atom is 0.336 e. The van der Waals surface area contributed by atoms with Crippen molar-refractivity contribution >= 4 is 16.9 Å². The summed E-state index contributed by atoms with van der Waals surface area (Å²) < 4.78 is 17.1. The lowest BCUT2D eigenvalue weighted by atomic mass is 10.0. The van der Waals surface area contributed by atoms with E-state index in [1.165, 1.54) is 11.1 Å². The average molecular weight is 447 g/mol. The molecule has 0 saturated carbocycles. The van der Waals surface area contributed by atoms with Crippen LogP contribution in [-0.2, 0) is 24.2 Å². The molecule has 6 rings (SSSR count). The third-order valence-electron chi connectivity index (χ3n) is 6.90. The number of ether oxygens (including phenoxy) is 2. The van der Waals surface area contributed by atoms with Crippen molar-refractivity contribution in [1.29, 1.82) is 0 Å². The zero-order valence-corrected chi connectivity index (χ0v) is 18.4. The number of hydrogen-bond donors (Lipinski definition) is 0. The van der Waals surface area contributed by atoms with Gasteiger partial charge in [0.15, 0.2) is 11.5 Å². The molecular weight excluding hydrogens is 420 g/mol. The second-order valence-electron chi connectivity index (χ2n) is 9.03. The smallest absolute Gasteiger partial charge is 0.336 e. The van der Waals surface area contributed by atoms with Crippen molar-refractivity contribution in [3.8, 4) is 11.5 Å². The first-order valence-corrected chi connectivity index (χ1v) is 11.6. The zero-order chi connectivity index (χ0) is 22.4. The van der Waals surface area contributed by atoms with Crippen LogP contribution in [0.4, 0.5) is 0 Å². The molecule has 33 heavy (non-hydrogen) atoms. The van der Waals surface area contributed by atoms with E-state index >= 15 is 0 Å². The number of benzene rings is 2. The Morgan fingerprint density at radius 2 is 1.73 bits per heavy atom. The van der Waals surface area contributed by atoms with Gasteiger partial charge in [-0.1, -0.05) is 12.1 Å². The van der Waals surface area contributed by atoms with Crippen LogP contribution >= 0.6 is 0 Å². The molecule has 0 radical (unpaired) electrons. The summed E-state index contributed by atoms with van der Waals surface area (Å²) in [7, 11) is 0. The lowest BCUT2D eigenvalue weighted by Crippen LogP contribution is -2.53. The Morgan fingerprint density at radius 3 is 2.55 bits per heavy atom. The van der Waals surface area contributed by atoms with E-state index in [1.807, 2.05) is 35.2 Å². The summed E-state index contributed by atoms with van der Waals surface area (Å²) in [6, 6.07) is 13.3. The van der Waals surface area contributed by atoms with E-state index in [-0.39, 0.29) is 18.1 Å². The number of aryl methyl sites for hydroxylation is 2. The molecule has 1 fully saturated rings. The van der Waals surface area contributed by atoms with Crippen LogP contribution < -0.4 is 15.1 Å². The normalized spacial score (nSPS) is 20.1. The van der Waals surface area contributed by atoms with Crippen LogP contribution in [0.25, 0.3) is 11.0 Å². The molecule has 2 aliphatic heterocycles. The van der Waals surface area contributed by atoms with Crippen molar-refractivity contribution in [2.24, 2.45) is 0 Å². The fourth-order valence-corrected chi connectivity index (χ4v) is 5.14. The van der Waals surface area contributed by atoms with Gasteiger partial charge in [0.05, 0.1) is 0 Å². The molecule has 3 aromatic rings. The van der Waals surface area contributed by atoms with Crippen LogP contribution in [0.2, 0.25) is 0 Å². The Hall–Kier alpha value is -3.32. The van der Waals surface area contributed by atoms with Crippen molar-refractivity contribution in [1.82, 2.24) is 9.80 Å². The van der Waals surface area contributed by atoms with Gasteiger partial charge in [-0.3, -0.25) is 9.69 Å². The minimum atomic E-state index is -0.615. The van der Waals surface area contributed by atoms with Crippen molar-refractivity contribution in [3.63, 3.8) is 0 Å². The standard InChI is InChI=1S/C26H26N2O5/c29-25-14-19(20-12-17-4-3-5-18(17)13-23(20)33-25)15-27-8-10-28(11-9-27)26(30)24-16-31-21-6-1-2-7-22(21)32-24/h1-2,6-7,12-14,24H,3-5,8-11,15-16H2/t24-/m0/s1. The third kappa shape index (κ3) is 3.86. The van der Waals surface area contributed by atoms with E-state index in [2.05, 4.69) is 11.0 Å². The first kappa shape index (κ1) is 20.3. The highest BCUT2D eigenvalue weighted by molar-refractivity contribution is 5.83. The molecule has 3 aliphatic rings. The van der Waals surface area contributed by atoms with Gasteiger partial charge in [0.1, 0.15) is 12.2 Å². The SMILES string of the molecule is O=C([C@@H]1COc2ccccc2O1)N1CCN(Cc2cc(=O)oc3cc4c(cc23)CCC4)CC1. The first-order valence-electron chi connectivity index (χ1n) is 11.6. The van der Waals surface area contributed by atoms with E-state index in [4.69, 9.17) is 13.9 Å². The number of nitrogens with zero attached hydrogens (tertiary/aromatic N) is 2. The topological polar surface area (TPSA) is 72.2 Å². The van der Waals surface area contributed by atoms with Gasteiger partial charge in [-0.15, -0.1) is 0 Å². The van der Waals surface area contributed by atoms with Gasteiger partial charge in [-0.2, -0.15) is 0 Å². The molecule has 3 heterocycles. The van der Waals surface area contributed by atoms with Gasteiger partial charge in [0.2, 0.25) is 6.10 Å². The summed E-state index contributed by atoms with van der Waals surface area (Å²) in [5.41, 5.74) is 4.03. The molecule has 170 valence electrons. The number of piperazine rings is 1. The maximum absolute atomic E-state index is 13.0. The van der Waals surface area contributed by atoms with Crippen LogP contribution in [0.5, 0.6) is 11.5 Å². The van der Waals surface area contributed by atoms with Crippen LogP contribution in [-0.4, -0.2) is 54.6 Å². The molecule has 2 aromatic carbocycles. The van der Waals surface area contributed by atoms with E-state index in [0.29, 0.717) is 36.7 Å². The molecule has 0 unspecified atom stereocenters. The van der Waals surface area contributed by atoms with Gasteiger partial charge in [-0.05, 0) is 60.2 Å². The average Bonchev–Trinajstić information content (AvgIpc) is 3.30. The van der Waals surface area contributed by atoms with Crippen LogP contribution in [0.15, 0.2) is 51.7 Å². The van der Waals surface area contributed by atoms with Gasteiger partial charge in [0.25, 0.3) is 5.91 Å². The fraction of sp³-hybridized carbons (Fsp3) is 0.385. The molecule has 0 N–H and O–H groups in total. The predicted octanol–water partition coefficient (Wildman–Crippen LogP) is 2.77. The predicted molar refractivity (Wildman–Crippen MR) is 123 cm³/mol. The maximum atomic E-state index is 13.0. The number of fused-ring (bicyclic) bond motifs is 3. The van der Waals surface area contributed by atoms with E-state index < -0.39 is 6.10 Å². The molecule has 0 bridgehead atoms. The number of para-hydroxylation sites is 2. The number of amides is 1. The highest BCUT2D eigenvalue weighted by Crippen LogP contribution is 2.32. The van der Waals surface area contributed by atoms with E-state index in [9.17, 15) is 9.59 Å². The Balaban J connectivity index is 1.13. The van der Waals surface area contributed by atoms with Crippen molar-refractivity contribution in [2.45, 2.75) is 31.9 Å². The minimum Gasteiger partial charge on any atom is -0.485 e. The lowest BCUT2D eigenvalue weighted by Gasteiger charge is -2.37. The quantitative estimate of drug-likeness (QED) is 0.576. The highest BCUT2D eigenvalue weighted by atomic mass is 16.6. The zero-order valence-electron chi connectivity index (χ0n) is 18.4. The summed E-state index contributed by atoms with van der Waals surface area (Å²) in [5, 5.41) is 1.03. The van der Waals surface area contributed by atoms with Gasteiger partial charge >= 0.3 is 5.63 Å². The third-order valence-corrected chi connectivity index (χ3v) is 6.90. The van der Waals surface area contributed by atoms with Crippen LogP contribution in [0, 0.1) is 0 Å². The summed E-state index contributed by atoms with van der Waals surface area (Å²) in [4.78, 5) is 29.3. The summed E-state index contributed by atoms with van der Waals surface area (Å²) in [5.74, 6) is 1.25. The number of hydrogen-bond acceptors (Lipinski definition) is 6. The molecule has 1 atom stereocenters. The molecular formula is C26H26N2O5. The van der Waals surface area contributed by atoms with Crippen molar-refractivity contribution < 1.29 is 18.7 Å². The number of carbonyl (C=O) groups is 1. The van der Waals surface area contributed by atoms with E-state index in [0.717, 1.165) is 43.3 Å². The van der Waals surface area contributed by atoms with Gasteiger partial charge in [0, 0.05) is 44.2 Å². The fourth-order valence-electron chi connectivity index (χ4n) is 5.14. The minimum absolute atomic E-state index is 0.0366. The summed E-state index contributed by atoms with van der Waals surface area (Å²) in [6.45, 7) is 3.61. The Morgan fingerprint density at radius 1 is 0.970 bits per heavy atom. The highest BCUT2D eigenvalue weighted by Gasteiger charge is 2.32. The van der Waals surface area contributed by atoms with Crippen molar-refractivity contribution in [2.75, 3.05) is 32.8 Å². The Bertz CT molecular complexity index is 1280. The number of rotatable bonds is 3. The summed E-state index contributed by atoms with van der Waals surface area (Å²) in [6.07, 6.45) is 2.68. The largest absolute Gasteiger partial charge is 0.485 e. The van der Waals surface area contributed by atoms with Gasteiger partial charge in [-0.25, -0.2) is 4.79 Å². The van der Waals surface area contributed by atoms with Crippen LogP contribution in [0.3, 0.4) is 0 Å². The van der Waals surface area contributed by atoms with Crippen molar-refractivity contribution in [3.05, 3.63) is 69.6 Å². The molecule has 1 aliphatic carbocycles. The Kier molecular flexibility index (Phi) is 5.06. The lowest BCUT2D eigenvalue weighted by molar-refractivity contribution is -0.143. The number of carbonyl (C=O) groups excluding carboxylic acids is 1. The molecule has 1 saturated heterocycles. The second-order valence-corrected chi connectivity index (χ2v) is 9.03. The molecule has 7 nitrogen and oxygen atoms in total. The molecule has 7 heteroatoms. The molecule has 0 spiro atoms. The molecule has 1 amide bonds.